The second-order valence-electron chi connectivity index (χ2n) is 4.52. The summed E-state index contributed by atoms with van der Waals surface area (Å²) >= 11 is 0. The maximum Gasteiger partial charge on any atom is 0.217 e. The lowest BCUT2D eigenvalue weighted by atomic mass is 10.2. The molecule has 1 aliphatic carbocycles. The van der Waals surface area contributed by atoms with E-state index in [1.165, 1.54) is 0 Å². The molecule has 0 spiro atoms. The van der Waals surface area contributed by atoms with Crippen molar-refractivity contribution in [2.24, 2.45) is 5.92 Å². The second-order valence-corrected chi connectivity index (χ2v) is 8.35. The van der Waals surface area contributed by atoms with E-state index < -0.39 is 20.8 Å². The minimum Gasteiger partial charge on any atom is -0.260 e. The zero-order valence-electron chi connectivity index (χ0n) is 8.89. The minimum atomic E-state index is -3.07. The van der Waals surface area contributed by atoms with Gasteiger partial charge in [0.15, 0.2) is 0 Å². The van der Waals surface area contributed by atoms with Crippen LogP contribution in [0.3, 0.4) is 0 Å². The van der Waals surface area contributed by atoms with E-state index in [1.807, 2.05) is 6.92 Å². The number of nitrogens with zero attached hydrogens (tertiary/aromatic N) is 1. The lowest BCUT2D eigenvalue weighted by Gasteiger charge is -2.21. The summed E-state index contributed by atoms with van der Waals surface area (Å²) in [4.78, 5) is 0. The summed E-state index contributed by atoms with van der Waals surface area (Å²) in [5, 5.41) is -0.142. The van der Waals surface area contributed by atoms with Gasteiger partial charge in [0.25, 0.3) is 0 Å². The van der Waals surface area contributed by atoms with Crippen molar-refractivity contribution in [1.29, 1.82) is 0 Å². The van der Waals surface area contributed by atoms with Gasteiger partial charge in [-0.25, -0.2) is 12.7 Å². The van der Waals surface area contributed by atoms with Gasteiger partial charge in [-0.2, -0.15) is 0 Å². The highest BCUT2D eigenvalue weighted by Crippen LogP contribution is 2.31. The Balaban J connectivity index is 2.11. The van der Waals surface area contributed by atoms with Crippen LogP contribution < -0.4 is 0 Å². The van der Waals surface area contributed by atoms with Crippen LogP contribution in [0.25, 0.3) is 0 Å². The average molecular weight is 251 g/mol. The predicted molar refractivity (Wildman–Crippen MR) is 60.6 cm³/mol. The van der Waals surface area contributed by atoms with Gasteiger partial charge in [0.05, 0.1) is 5.25 Å². The summed E-state index contributed by atoms with van der Waals surface area (Å²) in [7, 11) is -3.91. The van der Waals surface area contributed by atoms with Crippen LogP contribution in [0, 0.1) is 5.92 Å². The highest BCUT2D eigenvalue weighted by molar-refractivity contribution is 7.90. The molecular weight excluding hydrogens is 234 g/mol. The predicted octanol–water partition coefficient (Wildman–Crippen LogP) is 0.179. The quantitative estimate of drug-likeness (QED) is 0.703. The summed E-state index contributed by atoms with van der Waals surface area (Å²) < 4.78 is 37.0. The fourth-order valence-electron chi connectivity index (χ4n) is 1.90. The first-order valence-corrected chi connectivity index (χ1v) is 8.33. The smallest absolute Gasteiger partial charge is 0.217 e. The van der Waals surface area contributed by atoms with Crippen LogP contribution in [-0.4, -0.2) is 46.8 Å². The van der Waals surface area contributed by atoms with Gasteiger partial charge in [-0.1, -0.05) is 6.92 Å². The molecule has 2 rings (SSSR count). The molecule has 0 bridgehead atoms. The fraction of sp³-hybridized carbons (Fsp3) is 1.00. The van der Waals surface area contributed by atoms with Gasteiger partial charge in [0.2, 0.25) is 10.0 Å². The number of hydrogen-bond acceptors (Lipinski definition) is 3. The third kappa shape index (κ3) is 2.60. The van der Waals surface area contributed by atoms with E-state index in [9.17, 15) is 12.6 Å². The molecule has 0 N–H and O–H groups in total. The molecule has 0 aromatic rings. The zero-order chi connectivity index (χ0) is 11.1. The first-order chi connectivity index (χ1) is 7.00. The van der Waals surface area contributed by atoms with E-state index in [4.69, 9.17) is 0 Å². The van der Waals surface area contributed by atoms with Gasteiger partial charge in [0, 0.05) is 35.4 Å². The Morgan fingerprint density at radius 3 is 2.60 bits per heavy atom. The molecular formula is C9H17NO3S2. The van der Waals surface area contributed by atoms with Gasteiger partial charge in [-0.3, -0.25) is 4.21 Å². The van der Waals surface area contributed by atoms with Crippen LogP contribution in [0.2, 0.25) is 0 Å². The van der Waals surface area contributed by atoms with Crippen LogP contribution in [0.4, 0.5) is 0 Å². The van der Waals surface area contributed by atoms with Gasteiger partial charge < -0.3 is 0 Å². The Hall–Kier alpha value is 0.0600. The molecule has 0 aromatic carbocycles. The Morgan fingerprint density at radius 1 is 1.33 bits per heavy atom. The maximum absolute atomic E-state index is 12.0. The van der Waals surface area contributed by atoms with E-state index >= 15 is 0 Å². The average Bonchev–Trinajstić information content (AvgIpc) is 2.91. The Morgan fingerprint density at radius 2 is 2.00 bits per heavy atom. The summed E-state index contributed by atoms with van der Waals surface area (Å²) in [5.74, 6) is 1.34. The van der Waals surface area contributed by atoms with E-state index in [2.05, 4.69) is 0 Å². The molecule has 1 heterocycles. The molecule has 2 unspecified atom stereocenters. The van der Waals surface area contributed by atoms with Gasteiger partial charge in [0.1, 0.15) is 0 Å². The largest absolute Gasteiger partial charge is 0.260 e. The van der Waals surface area contributed by atoms with Gasteiger partial charge in [-0.05, 0) is 18.8 Å². The molecule has 88 valence electrons. The monoisotopic (exact) mass is 251 g/mol. The Bertz CT molecular complexity index is 362. The van der Waals surface area contributed by atoms with Crippen molar-refractivity contribution < 1.29 is 12.6 Å². The molecule has 0 radical (unpaired) electrons. The number of hydrogen-bond donors (Lipinski definition) is 0. The minimum absolute atomic E-state index is 0.142. The van der Waals surface area contributed by atoms with Crippen LogP contribution in [-0.2, 0) is 20.8 Å². The molecule has 2 atom stereocenters. The highest BCUT2D eigenvalue weighted by atomic mass is 32.2. The third-order valence-corrected chi connectivity index (χ3v) is 6.80. The van der Waals surface area contributed by atoms with Crippen molar-refractivity contribution in [2.75, 3.05) is 24.6 Å². The molecule has 2 fully saturated rings. The summed E-state index contributed by atoms with van der Waals surface area (Å²) in [5.41, 5.74) is 0. The van der Waals surface area contributed by atoms with Crippen LogP contribution >= 0.6 is 0 Å². The molecule has 1 aliphatic heterocycles. The van der Waals surface area contributed by atoms with Crippen molar-refractivity contribution >= 4 is 20.8 Å². The summed E-state index contributed by atoms with van der Waals surface area (Å²) in [6.45, 7) is 2.96. The van der Waals surface area contributed by atoms with Crippen LogP contribution in [0.5, 0.6) is 0 Å². The molecule has 15 heavy (non-hydrogen) atoms. The molecule has 2 aliphatic rings. The first kappa shape index (κ1) is 11.5. The fourth-order valence-corrected chi connectivity index (χ4v) is 5.31. The molecule has 0 aromatic heterocycles. The van der Waals surface area contributed by atoms with Crippen LogP contribution in [0.1, 0.15) is 19.8 Å². The third-order valence-electron chi connectivity index (χ3n) is 2.86. The van der Waals surface area contributed by atoms with Crippen molar-refractivity contribution in [3.8, 4) is 0 Å². The first-order valence-electron chi connectivity index (χ1n) is 5.34. The topological polar surface area (TPSA) is 54.5 Å². The van der Waals surface area contributed by atoms with Crippen molar-refractivity contribution in [3.05, 3.63) is 0 Å². The van der Waals surface area contributed by atoms with E-state index in [0.717, 1.165) is 12.8 Å². The lowest BCUT2D eigenvalue weighted by molar-refractivity contribution is 0.391. The Kier molecular flexibility index (Phi) is 3.19. The zero-order valence-corrected chi connectivity index (χ0v) is 10.5. The van der Waals surface area contributed by atoms with E-state index in [1.54, 1.807) is 4.31 Å². The maximum atomic E-state index is 12.0. The SMILES string of the molecule is CC1CN(S(=O)(=O)C2CC2)CCS(=O)C1. The molecule has 4 nitrogen and oxygen atoms in total. The number of rotatable bonds is 2. The summed E-state index contributed by atoms with van der Waals surface area (Å²) in [6, 6.07) is 0. The van der Waals surface area contributed by atoms with E-state index in [-0.39, 0.29) is 11.2 Å². The highest BCUT2D eigenvalue weighted by Gasteiger charge is 2.41. The second kappa shape index (κ2) is 4.14. The summed E-state index contributed by atoms with van der Waals surface area (Å²) in [6.07, 6.45) is 1.60. The lowest BCUT2D eigenvalue weighted by Crippen LogP contribution is -2.37. The molecule has 1 saturated carbocycles. The van der Waals surface area contributed by atoms with Crippen molar-refractivity contribution in [3.63, 3.8) is 0 Å². The molecule has 0 amide bonds. The van der Waals surface area contributed by atoms with E-state index in [0.29, 0.717) is 24.6 Å². The Labute approximate surface area is 93.5 Å². The molecule has 6 heteroatoms. The number of sulfonamides is 1. The van der Waals surface area contributed by atoms with Crippen molar-refractivity contribution in [2.45, 2.75) is 25.0 Å². The normalized spacial score (nSPS) is 35.0. The van der Waals surface area contributed by atoms with Crippen LogP contribution in [0.15, 0.2) is 0 Å². The standard InChI is InChI=1S/C9H17NO3S2/c1-8-6-10(4-5-14(11)7-8)15(12,13)9-2-3-9/h8-9H,2-7H2,1H3. The van der Waals surface area contributed by atoms with Gasteiger partial charge >= 0.3 is 0 Å². The molecule has 1 saturated heterocycles. The van der Waals surface area contributed by atoms with Crippen molar-refractivity contribution in [1.82, 2.24) is 4.31 Å². The van der Waals surface area contributed by atoms with Gasteiger partial charge in [-0.15, -0.1) is 0 Å².